The van der Waals surface area contributed by atoms with E-state index in [9.17, 15) is 22.4 Å². The van der Waals surface area contributed by atoms with Gasteiger partial charge in [-0.2, -0.15) is 18.3 Å². The summed E-state index contributed by atoms with van der Waals surface area (Å²) in [6, 6.07) is 3.11. The van der Waals surface area contributed by atoms with Crippen molar-refractivity contribution >= 4 is 22.8 Å². The molecule has 1 aromatic heterocycles. The van der Waals surface area contributed by atoms with Gasteiger partial charge in [0.05, 0.1) is 12.1 Å². The van der Waals surface area contributed by atoms with Gasteiger partial charge in [0.25, 0.3) is 5.91 Å². The minimum absolute atomic E-state index is 0.133. The zero-order chi connectivity index (χ0) is 21.6. The Labute approximate surface area is 163 Å². The van der Waals surface area contributed by atoms with E-state index >= 15 is 0 Å². The van der Waals surface area contributed by atoms with Crippen molar-refractivity contribution in [3.05, 3.63) is 29.7 Å². The van der Waals surface area contributed by atoms with Crippen molar-refractivity contribution in [2.75, 3.05) is 6.54 Å². The number of nitrogens with zero attached hydrogens (tertiary/aromatic N) is 2. The van der Waals surface area contributed by atoms with Crippen LogP contribution in [-0.4, -0.2) is 45.5 Å². The molecule has 2 aromatic rings. The Morgan fingerprint density at radius 3 is 2.41 bits per heavy atom. The molecule has 4 N–H and O–H groups in total. The highest BCUT2D eigenvalue weighted by atomic mass is 19.4. The summed E-state index contributed by atoms with van der Waals surface area (Å²) in [6.07, 6.45) is 3.07. The summed E-state index contributed by atoms with van der Waals surface area (Å²) < 4.78 is 47.0. The lowest BCUT2D eigenvalue weighted by Gasteiger charge is -2.22. The van der Waals surface area contributed by atoms with Crippen LogP contribution in [0.3, 0.4) is 0 Å². The van der Waals surface area contributed by atoms with Crippen molar-refractivity contribution in [2.45, 2.75) is 50.9 Å². The van der Waals surface area contributed by atoms with Crippen LogP contribution in [0.25, 0.3) is 10.9 Å². The molecule has 0 bridgehead atoms. The largest absolute Gasteiger partial charge is 0.490 e. The molecule has 7 nitrogen and oxygen atoms in total. The van der Waals surface area contributed by atoms with Crippen LogP contribution >= 0.6 is 0 Å². The Balaban J connectivity index is 0.000000370. The number of primary amides is 1. The number of hydrogen-bond acceptors (Lipinski definition) is 4. The third-order valence-corrected chi connectivity index (χ3v) is 4.51. The Hall–Kier alpha value is -2.69. The zero-order valence-electron chi connectivity index (χ0n) is 15.5. The number of carbonyl (C=O) groups excluding carboxylic acids is 1. The van der Waals surface area contributed by atoms with E-state index in [1.165, 1.54) is 38.2 Å². The maximum absolute atomic E-state index is 13.5. The Morgan fingerprint density at radius 2 is 1.86 bits per heavy atom. The lowest BCUT2D eigenvalue weighted by Crippen LogP contribution is -2.33. The molecule has 1 aliphatic rings. The zero-order valence-corrected chi connectivity index (χ0v) is 15.5. The van der Waals surface area contributed by atoms with Gasteiger partial charge in [0.2, 0.25) is 0 Å². The number of halogens is 4. The Bertz CT molecular complexity index is 861. The van der Waals surface area contributed by atoms with Gasteiger partial charge in [0.15, 0.2) is 0 Å². The first-order valence-electron chi connectivity index (χ1n) is 9.08. The standard InChI is InChI=1S/C16H21FN4O.C2HF3O2/c17-12-8-11-10-21(20-15(11)14(9-12)16(18)22)7-6-19-13-4-2-1-3-5-13;3-2(4,5)1(6)7/h8-10,13,19H,1-7H2,(H2,18,22);(H,6,7). The van der Waals surface area contributed by atoms with E-state index < -0.39 is 23.9 Å². The molecule has 0 unspecified atom stereocenters. The van der Waals surface area contributed by atoms with Crippen LogP contribution in [0, 0.1) is 5.82 Å². The highest BCUT2D eigenvalue weighted by Gasteiger charge is 2.38. The Morgan fingerprint density at radius 1 is 1.24 bits per heavy atom. The van der Waals surface area contributed by atoms with Gasteiger partial charge in [0, 0.05) is 24.2 Å². The third kappa shape index (κ3) is 6.70. The molecule has 0 spiro atoms. The number of carbonyl (C=O) groups is 2. The smallest absolute Gasteiger partial charge is 0.475 e. The average Bonchev–Trinajstić information content (AvgIpc) is 3.04. The van der Waals surface area contributed by atoms with Gasteiger partial charge in [0.1, 0.15) is 11.3 Å². The van der Waals surface area contributed by atoms with Gasteiger partial charge < -0.3 is 16.2 Å². The van der Waals surface area contributed by atoms with Gasteiger partial charge in [-0.3, -0.25) is 9.48 Å². The number of nitrogens with one attached hydrogen (secondary N) is 1. The molecule has 0 radical (unpaired) electrons. The molecule has 160 valence electrons. The van der Waals surface area contributed by atoms with E-state index in [1.54, 1.807) is 10.9 Å². The topological polar surface area (TPSA) is 110 Å². The van der Waals surface area contributed by atoms with Crippen molar-refractivity contribution in [1.29, 1.82) is 0 Å². The number of amides is 1. The first-order chi connectivity index (χ1) is 13.6. The molecule has 11 heteroatoms. The van der Waals surface area contributed by atoms with Gasteiger partial charge in [-0.25, -0.2) is 9.18 Å². The number of benzene rings is 1. The van der Waals surface area contributed by atoms with E-state index in [2.05, 4.69) is 10.4 Å². The van der Waals surface area contributed by atoms with Gasteiger partial charge in [-0.15, -0.1) is 0 Å². The summed E-state index contributed by atoms with van der Waals surface area (Å²) in [5.41, 5.74) is 5.89. The van der Waals surface area contributed by atoms with Crippen LogP contribution < -0.4 is 11.1 Å². The first-order valence-corrected chi connectivity index (χ1v) is 9.08. The monoisotopic (exact) mass is 418 g/mol. The lowest BCUT2D eigenvalue weighted by atomic mass is 9.95. The van der Waals surface area contributed by atoms with Crippen molar-refractivity contribution in [1.82, 2.24) is 15.1 Å². The van der Waals surface area contributed by atoms with E-state index in [0.29, 0.717) is 23.5 Å². The number of nitrogens with two attached hydrogens (primary N) is 1. The summed E-state index contributed by atoms with van der Waals surface area (Å²) in [5.74, 6) is -3.89. The van der Waals surface area contributed by atoms with E-state index in [4.69, 9.17) is 15.6 Å². The molecule has 29 heavy (non-hydrogen) atoms. The van der Waals surface area contributed by atoms with Crippen LogP contribution in [-0.2, 0) is 11.3 Å². The summed E-state index contributed by atoms with van der Waals surface area (Å²) in [7, 11) is 0. The highest BCUT2D eigenvalue weighted by Crippen LogP contribution is 2.20. The summed E-state index contributed by atoms with van der Waals surface area (Å²) in [6.45, 7) is 1.50. The van der Waals surface area contributed by atoms with Crippen LogP contribution in [0.1, 0.15) is 42.5 Å². The second-order valence-electron chi connectivity index (χ2n) is 6.74. The normalized spacial score (nSPS) is 15.0. The number of hydrogen-bond donors (Lipinski definition) is 3. The number of aliphatic carboxylic acids is 1. The minimum atomic E-state index is -5.08. The number of rotatable bonds is 5. The van der Waals surface area contributed by atoms with Crippen LogP contribution in [0.4, 0.5) is 17.6 Å². The van der Waals surface area contributed by atoms with Gasteiger partial charge in [-0.05, 0) is 25.0 Å². The second kappa shape index (κ2) is 9.68. The predicted octanol–water partition coefficient (Wildman–Crippen LogP) is 2.83. The average molecular weight is 418 g/mol. The Kier molecular flexibility index (Phi) is 7.54. The lowest BCUT2D eigenvalue weighted by molar-refractivity contribution is -0.192. The molecule has 1 amide bonds. The molecule has 3 rings (SSSR count). The van der Waals surface area contributed by atoms with Crippen molar-refractivity contribution < 1.29 is 32.3 Å². The van der Waals surface area contributed by atoms with Crippen molar-refractivity contribution in [3.63, 3.8) is 0 Å². The second-order valence-corrected chi connectivity index (χ2v) is 6.74. The predicted molar refractivity (Wildman–Crippen MR) is 96.8 cm³/mol. The third-order valence-electron chi connectivity index (χ3n) is 4.51. The van der Waals surface area contributed by atoms with E-state index in [0.717, 1.165) is 12.6 Å². The highest BCUT2D eigenvalue weighted by molar-refractivity contribution is 6.04. The van der Waals surface area contributed by atoms with Crippen LogP contribution in [0.5, 0.6) is 0 Å². The van der Waals surface area contributed by atoms with E-state index in [-0.39, 0.29) is 5.56 Å². The summed E-state index contributed by atoms with van der Waals surface area (Å²) in [4.78, 5) is 20.3. The molecular formula is C18H22F4N4O3. The molecule has 1 saturated carbocycles. The van der Waals surface area contributed by atoms with Crippen molar-refractivity contribution in [3.8, 4) is 0 Å². The summed E-state index contributed by atoms with van der Waals surface area (Å²) in [5, 5.41) is 15.6. The van der Waals surface area contributed by atoms with Crippen LogP contribution in [0.2, 0.25) is 0 Å². The fourth-order valence-electron chi connectivity index (χ4n) is 3.14. The van der Waals surface area contributed by atoms with E-state index in [1.807, 2.05) is 0 Å². The molecule has 0 saturated heterocycles. The molecule has 1 aromatic carbocycles. The molecular weight excluding hydrogens is 396 g/mol. The fraction of sp³-hybridized carbons (Fsp3) is 0.500. The minimum Gasteiger partial charge on any atom is -0.475 e. The quantitative estimate of drug-likeness (QED) is 0.647. The fourth-order valence-corrected chi connectivity index (χ4v) is 3.14. The maximum atomic E-state index is 13.5. The summed E-state index contributed by atoms with van der Waals surface area (Å²) >= 11 is 0. The van der Waals surface area contributed by atoms with Gasteiger partial charge >= 0.3 is 12.1 Å². The number of aromatic nitrogens is 2. The molecule has 0 atom stereocenters. The number of carboxylic acids is 1. The molecule has 0 aliphatic heterocycles. The maximum Gasteiger partial charge on any atom is 0.490 e. The first kappa shape index (κ1) is 22.6. The molecule has 1 fully saturated rings. The van der Waals surface area contributed by atoms with Crippen LogP contribution in [0.15, 0.2) is 18.3 Å². The molecule has 1 aliphatic carbocycles. The molecule has 1 heterocycles. The number of fused-ring (bicyclic) bond motifs is 1. The van der Waals surface area contributed by atoms with Crippen molar-refractivity contribution in [2.24, 2.45) is 5.73 Å². The van der Waals surface area contributed by atoms with Gasteiger partial charge in [-0.1, -0.05) is 19.3 Å². The number of alkyl halides is 3. The number of carboxylic acid groups (broad SMARTS) is 1. The SMILES string of the molecule is NC(=O)c1cc(F)cc2cn(CCNC3CCCCC3)nc12.O=C(O)C(F)(F)F.